The summed E-state index contributed by atoms with van der Waals surface area (Å²) < 4.78 is 2.08. The molecule has 3 N–H and O–H groups in total. The molecule has 0 bridgehead atoms. The molecule has 0 unspecified atom stereocenters. The van der Waals surface area contributed by atoms with E-state index in [1.165, 1.54) is 0 Å². The highest BCUT2D eigenvalue weighted by atomic mass is 35.5. The zero-order valence-corrected chi connectivity index (χ0v) is 19.2. The summed E-state index contributed by atoms with van der Waals surface area (Å²) in [5.41, 5.74) is 9.91. The summed E-state index contributed by atoms with van der Waals surface area (Å²) in [6.07, 6.45) is 9.92. The standard InChI is InChI=1S/C22H22N6.3ClH/c23-22-20(21-10-15-3-1-2-4-16(15)11-25-21)9-17(12-26-22)18-13-27-28(14-18)19-5-7-24-8-6-19;;;/h1-4,9-14,19,24H,5-8H2,(H2,23,26);3*1H. The Balaban J connectivity index is 0.00000114. The minimum Gasteiger partial charge on any atom is -0.383 e. The van der Waals surface area contributed by atoms with Crippen molar-refractivity contribution >= 4 is 53.8 Å². The van der Waals surface area contributed by atoms with E-state index >= 15 is 0 Å². The summed E-state index contributed by atoms with van der Waals surface area (Å²) in [7, 11) is 0. The quantitative estimate of drug-likeness (QED) is 0.435. The van der Waals surface area contributed by atoms with Crippen LogP contribution in [-0.4, -0.2) is 32.8 Å². The van der Waals surface area contributed by atoms with Gasteiger partial charge in [0.05, 0.1) is 17.9 Å². The van der Waals surface area contributed by atoms with Crippen LogP contribution < -0.4 is 11.1 Å². The molecule has 1 saturated heterocycles. The number of benzene rings is 1. The Morgan fingerprint density at radius 1 is 0.871 bits per heavy atom. The molecule has 0 atom stereocenters. The fraction of sp³-hybridized carbons (Fsp3) is 0.227. The van der Waals surface area contributed by atoms with E-state index in [0.29, 0.717) is 11.9 Å². The molecule has 31 heavy (non-hydrogen) atoms. The molecule has 0 aliphatic carbocycles. The van der Waals surface area contributed by atoms with Crippen molar-refractivity contribution in [3.8, 4) is 22.4 Å². The number of nitrogens with two attached hydrogens (primary N) is 1. The van der Waals surface area contributed by atoms with E-state index in [1.54, 1.807) is 0 Å². The molecule has 0 spiro atoms. The second-order valence-corrected chi connectivity index (χ2v) is 7.26. The van der Waals surface area contributed by atoms with Crippen molar-refractivity contribution in [2.45, 2.75) is 18.9 Å². The van der Waals surface area contributed by atoms with Gasteiger partial charge in [-0.3, -0.25) is 9.67 Å². The Hall–Kier alpha value is -2.38. The number of nitrogens with one attached hydrogen (secondary N) is 1. The number of nitrogen functional groups attached to an aromatic ring is 1. The molecule has 1 fully saturated rings. The Kier molecular flexibility index (Phi) is 8.65. The van der Waals surface area contributed by atoms with Gasteiger partial charge in [-0.05, 0) is 43.5 Å². The number of nitrogens with zero attached hydrogens (tertiary/aromatic N) is 4. The van der Waals surface area contributed by atoms with Crippen LogP contribution in [0.25, 0.3) is 33.2 Å². The minimum absolute atomic E-state index is 0. The summed E-state index contributed by atoms with van der Waals surface area (Å²) in [6.45, 7) is 2.09. The number of pyridine rings is 2. The first-order valence-corrected chi connectivity index (χ1v) is 9.64. The fourth-order valence-corrected chi connectivity index (χ4v) is 3.83. The first-order chi connectivity index (χ1) is 13.8. The van der Waals surface area contributed by atoms with E-state index in [-0.39, 0.29) is 37.2 Å². The lowest BCUT2D eigenvalue weighted by Crippen LogP contribution is -2.29. The van der Waals surface area contributed by atoms with Gasteiger partial charge in [-0.15, -0.1) is 37.2 Å². The van der Waals surface area contributed by atoms with Crippen molar-refractivity contribution in [2.24, 2.45) is 0 Å². The summed E-state index contributed by atoms with van der Waals surface area (Å²) in [5, 5.41) is 10.2. The number of hydrogen-bond acceptors (Lipinski definition) is 5. The van der Waals surface area contributed by atoms with Gasteiger partial charge in [0.15, 0.2) is 0 Å². The number of halogens is 3. The van der Waals surface area contributed by atoms with Gasteiger partial charge in [0, 0.05) is 40.7 Å². The molecular weight excluding hydrogens is 455 g/mol. The highest BCUT2D eigenvalue weighted by Crippen LogP contribution is 2.30. The van der Waals surface area contributed by atoms with Crippen LogP contribution in [0.5, 0.6) is 0 Å². The number of aromatic nitrogens is 4. The molecule has 3 aromatic heterocycles. The second kappa shape index (κ2) is 10.8. The zero-order chi connectivity index (χ0) is 18.9. The SMILES string of the molecule is Cl.Cl.Cl.Nc1ncc(-c2cnn(C3CCNCC3)c2)cc1-c1cc2ccccc2cn1. The summed E-state index contributed by atoms with van der Waals surface area (Å²) in [4.78, 5) is 9.03. The van der Waals surface area contributed by atoms with Crippen LogP contribution in [0.1, 0.15) is 18.9 Å². The molecule has 6 nitrogen and oxygen atoms in total. The van der Waals surface area contributed by atoms with Crippen LogP contribution in [0.4, 0.5) is 5.82 Å². The lowest BCUT2D eigenvalue weighted by Gasteiger charge is -2.22. The maximum absolute atomic E-state index is 6.19. The Labute approximate surface area is 199 Å². The molecule has 1 aromatic carbocycles. The van der Waals surface area contributed by atoms with Crippen molar-refractivity contribution < 1.29 is 0 Å². The Bertz CT molecular complexity index is 1140. The molecule has 4 heterocycles. The smallest absolute Gasteiger partial charge is 0.132 e. The van der Waals surface area contributed by atoms with E-state index in [4.69, 9.17) is 5.73 Å². The molecule has 0 radical (unpaired) electrons. The minimum atomic E-state index is 0. The molecule has 0 amide bonds. The number of rotatable bonds is 3. The van der Waals surface area contributed by atoms with Crippen molar-refractivity contribution in [3.63, 3.8) is 0 Å². The summed E-state index contributed by atoms with van der Waals surface area (Å²) in [5.74, 6) is 0.484. The van der Waals surface area contributed by atoms with Crippen LogP contribution in [0, 0.1) is 0 Å². The molecule has 5 rings (SSSR count). The van der Waals surface area contributed by atoms with Crippen molar-refractivity contribution in [2.75, 3.05) is 18.8 Å². The average Bonchev–Trinajstić information content (AvgIpc) is 3.25. The van der Waals surface area contributed by atoms with Crippen LogP contribution >= 0.6 is 37.2 Å². The molecular formula is C22H25Cl3N6. The number of piperidine rings is 1. The van der Waals surface area contributed by atoms with Gasteiger partial charge >= 0.3 is 0 Å². The maximum atomic E-state index is 6.19. The van der Waals surface area contributed by atoms with Gasteiger partial charge in [-0.25, -0.2) is 4.98 Å². The third kappa shape index (κ3) is 5.10. The monoisotopic (exact) mass is 478 g/mol. The van der Waals surface area contributed by atoms with Gasteiger partial charge < -0.3 is 11.1 Å². The van der Waals surface area contributed by atoms with E-state index in [0.717, 1.165) is 59.1 Å². The second-order valence-electron chi connectivity index (χ2n) is 7.26. The molecule has 9 heteroatoms. The largest absolute Gasteiger partial charge is 0.383 e. The van der Waals surface area contributed by atoms with Gasteiger partial charge in [-0.2, -0.15) is 5.10 Å². The first-order valence-electron chi connectivity index (χ1n) is 9.64. The van der Waals surface area contributed by atoms with E-state index in [2.05, 4.69) is 55.5 Å². The average molecular weight is 480 g/mol. The predicted molar refractivity (Wildman–Crippen MR) is 133 cm³/mol. The normalized spacial score (nSPS) is 13.7. The fourth-order valence-electron chi connectivity index (χ4n) is 3.83. The molecule has 0 saturated carbocycles. The van der Waals surface area contributed by atoms with Crippen molar-refractivity contribution in [1.29, 1.82) is 0 Å². The summed E-state index contributed by atoms with van der Waals surface area (Å²) in [6, 6.07) is 12.8. The van der Waals surface area contributed by atoms with Gasteiger partial charge in [0.1, 0.15) is 5.82 Å². The van der Waals surface area contributed by atoms with E-state index in [9.17, 15) is 0 Å². The highest BCUT2D eigenvalue weighted by molar-refractivity contribution is 5.87. The zero-order valence-electron chi connectivity index (χ0n) is 16.8. The maximum Gasteiger partial charge on any atom is 0.132 e. The predicted octanol–water partition coefficient (Wildman–Crippen LogP) is 4.93. The first kappa shape index (κ1) is 24.9. The van der Waals surface area contributed by atoms with Gasteiger partial charge in [-0.1, -0.05) is 24.3 Å². The molecule has 164 valence electrons. The number of anilines is 1. The Morgan fingerprint density at radius 2 is 1.61 bits per heavy atom. The van der Waals surface area contributed by atoms with Gasteiger partial charge in [0.2, 0.25) is 0 Å². The summed E-state index contributed by atoms with van der Waals surface area (Å²) >= 11 is 0. The molecule has 1 aliphatic rings. The lowest BCUT2D eigenvalue weighted by molar-refractivity contribution is 0.343. The lowest BCUT2D eigenvalue weighted by atomic mass is 10.0. The van der Waals surface area contributed by atoms with Crippen LogP contribution in [-0.2, 0) is 0 Å². The highest BCUT2D eigenvalue weighted by Gasteiger charge is 2.17. The molecule has 4 aromatic rings. The van der Waals surface area contributed by atoms with Crippen LogP contribution in [0.3, 0.4) is 0 Å². The molecule has 1 aliphatic heterocycles. The Morgan fingerprint density at radius 3 is 2.39 bits per heavy atom. The van der Waals surface area contributed by atoms with Crippen LogP contribution in [0.2, 0.25) is 0 Å². The third-order valence-electron chi connectivity index (χ3n) is 5.44. The van der Waals surface area contributed by atoms with E-state index < -0.39 is 0 Å². The number of fused-ring (bicyclic) bond motifs is 1. The van der Waals surface area contributed by atoms with E-state index in [1.807, 2.05) is 30.7 Å². The van der Waals surface area contributed by atoms with Crippen LogP contribution in [0.15, 0.2) is 61.2 Å². The van der Waals surface area contributed by atoms with Crippen molar-refractivity contribution in [3.05, 3.63) is 61.2 Å². The van der Waals surface area contributed by atoms with Gasteiger partial charge in [0.25, 0.3) is 0 Å². The number of hydrogen-bond donors (Lipinski definition) is 2. The van der Waals surface area contributed by atoms with Crippen molar-refractivity contribution in [1.82, 2.24) is 25.1 Å². The topological polar surface area (TPSA) is 81.6 Å². The third-order valence-corrected chi connectivity index (χ3v) is 5.44.